The van der Waals surface area contributed by atoms with E-state index in [1.165, 1.54) is 12.1 Å². The van der Waals surface area contributed by atoms with E-state index in [-0.39, 0.29) is 11.7 Å². The summed E-state index contributed by atoms with van der Waals surface area (Å²) in [6.07, 6.45) is 0. The van der Waals surface area contributed by atoms with Gasteiger partial charge in [-0.1, -0.05) is 15.9 Å². The summed E-state index contributed by atoms with van der Waals surface area (Å²) in [6.45, 7) is 1.96. The summed E-state index contributed by atoms with van der Waals surface area (Å²) < 4.78 is 19.9. The fourth-order valence-corrected chi connectivity index (χ4v) is 1.97. The summed E-state index contributed by atoms with van der Waals surface area (Å²) in [5.41, 5.74) is 1.75. The third kappa shape index (κ3) is 3.24. The van der Waals surface area contributed by atoms with Crippen LogP contribution in [0.3, 0.4) is 0 Å². The average molecular weight is 330 g/mol. The van der Waals surface area contributed by atoms with Crippen molar-refractivity contribution in [2.24, 2.45) is 0 Å². The first-order chi connectivity index (χ1) is 8.58. The van der Waals surface area contributed by atoms with Crippen LogP contribution in [0.1, 0.15) is 11.1 Å². The van der Waals surface area contributed by atoms with Gasteiger partial charge in [0.25, 0.3) is 0 Å². The Kier molecular flexibility index (Phi) is 4.25. The zero-order valence-electron chi connectivity index (χ0n) is 9.71. The Hall–Kier alpha value is -1.06. The number of benzene rings is 2. The Morgan fingerprint density at radius 2 is 1.94 bits per heavy atom. The van der Waals surface area contributed by atoms with Crippen molar-refractivity contribution >= 4 is 27.5 Å². The van der Waals surface area contributed by atoms with E-state index in [2.05, 4.69) is 15.9 Å². The Bertz CT molecular complexity index is 572. The van der Waals surface area contributed by atoms with Crippen molar-refractivity contribution in [3.63, 3.8) is 0 Å². The van der Waals surface area contributed by atoms with Crippen LogP contribution in [0.25, 0.3) is 0 Å². The first-order valence-corrected chi connectivity index (χ1v) is 6.70. The summed E-state index contributed by atoms with van der Waals surface area (Å²) in [5.74, 6) is 1.03. The molecule has 1 nitrogen and oxygen atoms in total. The van der Waals surface area contributed by atoms with Gasteiger partial charge in [0.05, 0.1) is 0 Å². The number of alkyl halides is 1. The molecule has 0 radical (unpaired) electrons. The molecule has 4 heteroatoms. The second-order valence-electron chi connectivity index (χ2n) is 3.94. The highest BCUT2D eigenvalue weighted by Gasteiger charge is 2.04. The molecule has 0 aliphatic rings. The summed E-state index contributed by atoms with van der Waals surface area (Å²) in [5, 5.41) is 0. The average Bonchev–Trinajstić information content (AvgIpc) is 2.33. The summed E-state index contributed by atoms with van der Waals surface area (Å²) >= 11 is 9.11. The molecule has 0 aliphatic carbocycles. The molecule has 0 aromatic heterocycles. The second kappa shape index (κ2) is 5.72. The van der Waals surface area contributed by atoms with Crippen LogP contribution in [0.2, 0.25) is 0 Å². The smallest absolute Gasteiger partial charge is 0.130 e. The van der Waals surface area contributed by atoms with Gasteiger partial charge in [-0.25, -0.2) is 4.39 Å². The number of hydrogen-bond donors (Lipinski definition) is 0. The maximum Gasteiger partial charge on any atom is 0.130 e. The predicted molar refractivity (Wildman–Crippen MR) is 74.9 cm³/mol. The first-order valence-electron chi connectivity index (χ1n) is 5.38. The van der Waals surface area contributed by atoms with Crippen molar-refractivity contribution in [3.05, 3.63) is 57.8 Å². The van der Waals surface area contributed by atoms with Crippen molar-refractivity contribution in [1.29, 1.82) is 0 Å². The van der Waals surface area contributed by atoms with E-state index in [0.717, 1.165) is 10.0 Å². The third-order valence-corrected chi connectivity index (χ3v) is 3.65. The Labute approximate surface area is 119 Å². The number of aryl methyl sites for hydroxylation is 1. The van der Waals surface area contributed by atoms with Gasteiger partial charge in [-0.15, -0.1) is 11.6 Å². The van der Waals surface area contributed by atoms with Crippen LogP contribution in [0.4, 0.5) is 4.39 Å². The van der Waals surface area contributed by atoms with Crippen molar-refractivity contribution in [3.8, 4) is 11.5 Å². The Morgan fingerprint density at radius 1 is 1.17 bits per heavy atom. The third-order valence-electron chi connectivity index (χ3n) is 2.45. The van der Waals surface area contributed by atoms with Crippen molar-refractivity contribution in [2.45, 2.75) is 12.8 Å². The summed E-state index contributed by atoms with van der Waals surface area (Å²) in [7, 11) is 0. The van der Waals surface area contributed by atoms with Crippen LogP contribution in [-0.2, 0) is 5.88 Å². The lowest BCUT2D eigenvalue weighted by atomic mass is 10.2. The van der Waals surface area contributed by atoms with Gasteiger partial charge in [-0.2, -0.15) is 0 Å². The molecule has 0 saturated heterocycles. The number of ether oxygens (including phenoxy) is 1. The highest BCUT2D eigenvalue weighted by Crippen LogP contribution is 2.27. The maximum atomic E-state index is 13.3. The molecule has 94 valence electrons. The van der Waals surface area contributed by atoms with Crippen LogP contribution in [0, 0.1) is 12.7 Å². The number of halogens is 3. The van der Waals surface area contributed by atoms with Gasteiger partial charge in [0.1, 0.15) is 17.3 Å². The normalized spacial score (nSPS) is 10.4. The zero-order valence-corrected chi connectivity index (χ0v) is 12.1. The molecule has 0 amide bonds. The van der Waals surface area contributed by atoms with Crippen LogP contribution in [0.15, 0.2) is 40.9 Å². The van der Waals surface area contributed by atoms with Gasteiger partial charge in [-0.05, 0) is 48.4 Å². The molecular weight excluding hydrogens is 319 g/mol. The van der Waals surface area contributed by atoms with Gasteiger partial charge < -0.3 is 4.74 Å². The topological polar surface area (TPSA) is 9.23 Å². The fraction of sp³-hybridized carbons (Fsp3) is 0.143. The lowest BCUT2D eigenvalue weighted by Crippen LogP contribution is -1.89. The molecule has 0 fully saturated rings. The standard InChI is InChI=1S/C14H11BrClFO/c1-9-4-12(2-3-14(9)15)18-13-6-10(8-16)5-11(17)7-13/h2-7H,8H2,1H3. The van der Waals surface area contributed by atoms with Crippen LogP contribution < -0.4 is 4.74 Å². The molecule has 0 bridgehead atoms. The van der Waals surface area contributed by atoms with Crippen LogP contribution in [0.5, 0.6) is 11.5 Å². The van der Waals surface area contributed by atoms with Crippen LogP contribution in [-0.4, -0.2) is 0 Å². The van der Waals surface area contributed by atoms with E-state index in [9.17, 15) is 4.39 Å². The molecule has 18 heavy (non-hydrogen) atoms. The molecule has 0 aliphatic heterocycles. The SMILES string of the molecule is Cc1cc(Oc2cc(F)cc(CCl)c2)ccc1Br. The van der Waals surface area contributed by atoms with Crippen LogP contribution >= 0.6 is 27.5 Å². The van der Waals surface area contributed by atoms with Gasteiger partial charge in [0.2, 0.25) is 0 Å². The molecule has 2 rings (SSSR count). The molecule has 2 aromatic carbocycles. The molecule has 0 atom stereocenters. The highest BCUT2D eigenvalue weighted by molar-refractivity contribution is 9.10. The molecule has 0 saturated carbocycles. The minimum Gasteiger partial charge on any atom is -0.457 e. The largest absolute Gasteiger partial charge is 0.457 e. The quantitative estimate of drug-likeness (QED) is 0.682. The Morgan fingerprint density at radius 3 is 2.61 bits per heavy atom. The van der Waals surface area contributed by atoms with Crippen molar-refractivity contribution in [2.75, 3.05) is 0 Å². The predicted octanol–water partition coefficient (Wildman–Crippen LogP) is 5.43. The first kappa shape index (κ1) is 13.4. The van der Waals surface area contributed by atoms with E-state index in [1.807, 2.05) is 25.1 Å². The van der Waals surface area contributed by atoms with Gasteiger partial charge in [0.15, 0.2) is 0 Å². The lowest BCUT2D eigenvalue weighted by molar-refractivity contribution is 0.475. The lowest BCUT2D eigenvalue weighted by Gasteiger charge is -2.08. The van der Waals surface area contributed by atoms with E-state index in [4.69, 9.17) is 16.3 Å². The number of rotatable bonds is 3. The second-order valence-corrected chi connectivity index (χ2v) is 5.06. The fourth-order valence-electron chi connectivity index (χ4n) is 1.57. The van der Waals surface area contributed by atoms with Crippen molar-refractivity contribution in [1.82, 2.24) is 0 Å². The molecular formula is C14H11BrClFO. The molecule has 0 N–H and O–H groups in total. The van der Waals surface area contributed by atoms with Gasteiger partial charge in [0, 0.05) is 16.4 Å². The molecule has 2 aromatic rings. The van der Waals surface area contributed by atoms with E-state index >= 15 is 0 Å². The number of hydrogen-bond acceptors (Lipinski definition) is 1. The zero-order chi connectivity index (χ0) is 13.1. The highest BCUT2D eigenvalue weighted by atomic mass is 79.9. The maximum absolute atomic E-state index is 13.3. The monoisotopic (exact) mass is 328 g/mol. The molecule has 0 unspecified atom stereocenters. The van der Waals surface area contributed by atoms with Gasteiger partial charge >= 0.3 is 0 Å². The van der Waals surface area contributed by atoms with Crippen molar-refractivity contribution < 1.29 is 9.13 Å². The minimum absolute atomic E-state index is 0.257. The van der Waals surface area contributed by atoms with E-state index in [1.54, 1.807) is 6.07 Å². The Balaban J connectivity index is 2.27. The minimum atomic E-state index is -0.350. The summed E-state index contributed by atoms with van der Waals surface area (Å²) in [6, 6.07) is 10.1. The van der Waals surface area contributed by atoms with Gasteiger partial charge in [-0.3, -0.25) is 0 Å². The molecule has 0 heterocycles. The summed E-state index contributed by atoms with van der Waals surface area (Å²) in [4.78, 5) is 0. The molecule has 0 spiro atoms. The van der Waals surface area contributed by atoms with E-state index < -0.39 is 0 Å². The van der Waals surface area contributed by atoms with E-state index in [0.29, 0.717) is 17.1 Å².